The predicted octanol–water partition coefficient (Wildman–Crippen LogP) is 0.405. The molecular formula is C14H12F2N4O5S. The van der Waals surface area contributed by atoms with Crippen LogP contribution in [0.25, 0.3) is 0 Å². The summed E-state index contributed by atoms with van der Waals surface area (Å²) in [4.78, 5) is 52.8. The van der Waals surface area contributed by atoms with Crippen LogP contribution in [-0.4, -0.2) is 38.7 Å². The molecule has 0 amide bonds. The van der Waals surface area contributed by atoms with E-state index in [9.17, 15) is 28.0 Å². The number of carbonyl (C=O) groups is 2. The van der Waals surface area contributed by atoms with E-state index >= 15 is 0 Å². The third-order valence-corrected chi connectivity index (χ3v) is 3.90. The number of carbonyl (C=O) groups excluding carboxylic acids is 2. The molecule has 2 rings (SSSR count). The van der Waals surface area contributed by atoms with E-state index in [1.807, 2.05) is 4.98 Å². The summed E-state index contributed by atoms with van der Waals surface area (Å²) in [5, 5.41) is -0.264. The second-order valence-electron chi connectivity index (χ2n) is 4.81. The van der Waals surface area contributed by atoms with Crippen molar-refractivity contribution < 1.29 is 23.1 Å². The van der Waals surface area contributed by atoms with E-state index in [-0.39, 0.29) is 22.4 Å². The van der Waals surface area contributed by atoms with Crippen molar-refractivity contribution in [1.29, 1.82) is 0 Å². The number of esters is 1. The summed E-state index contributed by atoms with van der Waals surface area (Å²) in [6.45, 7) is -0.877. The fourth-order valence-electron chi connectivity index (χ4n) is 1.91. The number of nitrogens with two attached hydrogens (primary N) is 1. The number of pyridine rings is 1. The molecule has 12 heteroatoms. The molecule has 0 unspecified atom stereocenters. The smallest absolute Gasteiger partial charge is 0.341 e. The third-order valence-electron chi connectivity index (χ3n) is 3.17. The first-order valence-corrected chi connectivity index (χ1v) is 7.79. The number of nitrogens with one attached hydrogen (secondary N) is 1. The first-order valence-electron chi connectivity index (χ1n) is 6.91. The number of hydrogen-bond acceptors (Lipinski definition) is 8. The molecule has 0 radical (unpaired) electrons. The average molecular weight is 386 g/mol. The molecule has 0 aliphatic carbocycles. The number of halogens is 2. The van der Waals surface area contributed by atoms with Crippen LogP contribution in [0.15, 0.2) is 32.9 Å². The summed E-state index contributed by atoms with van der Waals surface area (Å²) in [6, 6.07) is 2.54. The molecule has 0 bridgehead atoms. The number of hydrogen-bond donors (Lipinski definition) is 2. The van der Waals surface area contributed by atoms with Crippen LogP contribution in [-0.2, 0) is 11.8 Å². The molecule has 0 aliphatic rings. The van der Waals surface area contributed by atoms with Crippen molar-refractivity contribution in [3.05, 3.63) is 50.3 Å². The van der Waals surface area contributed by atoms with Crippen molar-refractivity contribution in [3.8, 4) is 0 Å². The molecule has 0 aromatic carbocycles. The lowest BCUT2D eigenvalue weighted by atomic mass is 10.2. The van der Waals surface area contributed by atoms with Crippen LogP contribution in [0, 0.1) is 0 Å². The number of rotatable bonds is 6. The lowest BCUT2D eigenvalue weighted by molar-refractivity contribution is 0.0470. The summed E-state index contributed by atoms with van der Waals surface area (Å²) in [5.74, 6) is -5.23. The minimum absolute atomic E-state index is 0.0492. The van der Waals surface area contributed by atoms with Crippen LogP contribution in [0.5, 0.6) is 0 Å². The second-order valence-corrected chi connectivity index (χ2v) is 5.79. The Morgan fingerprint density at radius 3 is 2.77 bits per heavy atom. The van der Waals surface area contributed by atoms with E-state index in [1.54, 1.807) is 0 Å². The highest BCUT2D eigenvalue weighted by molar-refractivity contribution is 7.99. The number of aromatic amines is 1. The number of thioether (sulfide) groups is 1. The predicted molar refractivity (Wildman–Crippen MR) is 87.4 cm³/mol. The van der Waals surface area contributed by atoms with Crippen LogP contribution in [0.2, 0.25) is 0 Å². The highest BCUT2D eigenvalue weighted by atomic mass is 32.2. The zero-order valence-electron chi connectivity index (χ0n) is 13.2. The van der Waals surface area contributed by atoms with Gasteiger partial charge >= 0.3 is 11.7 Å². The topological polar surface area (TPSA) is 137 Å². The van der Waals surface area contributed by atoms with E-state index in [0.29, 0.717) is 0 Å². The molecule has 2 aromatic rings. The van der Waals surface area contributed by atoms with Gasteiger partial charge in [0, 0.05) is 13.2 Å². The minimum atomic E-state index is -2.80. The highest BCUT2D eigenvalue weighted by Gasteiger charge is 2.22. The second kappa shape index (κ2) is 7.91. The molecule has 0 saturated heterocycles. The van der Waals surface area contributed by atoms with Gasteiger partial charge in [-0.3, -0.25) is 19.1 Å². The lowest BCUT2D eigenvalue weighted by Gasteiger charge is -2.09. The molecule has 0 atom stereocenters. The fraction of sp³-hybridized carbons (Fsp3) is 0.214. The van der Waals surface area contributed by atoms with Crippen molar-refractivity contribution in [1.82, 2.24) is 14.5 Å². The van der Waals surface area contributed by atoms with Crippen LogP contribution in [0.4, 0.5) is 14.6 Å². The van der Waals surface area contributed by atoms with Gasteiger partial charge in [-0.1, -0.05) is 0 Å². The Morgan fingerprint density at radius 2 is 2.12 bits per heavy atom. The Balaban J connectivity index is 2.19. The lowest BCUT2D eigenvalue weighted by Crippen LogP contribution is -2.35. The van der Waals surface area contributed by atoms with Crippen molar-refractivity contribution in [2.24, 2.45) is 7.05 Å². The molecule has 2 aromatic heterocycles. The number of anilines is 1. The SMILES string of the molecule is Cn1c(N)c(C(=O)COC(=O)c2cccnc2SC(F)F)c(=O)[nH]c1=O. The van der Waals surface area contributed by atoms with Gasteiger partial charge in [0.15, 0.2) is 6.61 Å². The Morgan fingerprint density at radius 1 is 1.42 bits per heavy atom. The largest absolute Gasteiger partial charge is 0.454 e. The summed E-state index contributed by atoms with van der Waals surface area (Å²) < 4.78 is 30.6. The van der Waals surface area contributed by atoms with E-state index in [0.717, 1.165) is 4.57 Å². The highest BCUT2D eigenvalue weighted by Crippen LogP contribution is 2.26. The Hall–Kier alpha value is -3.02. The monoisotopic (exact) mass is 386 g/mol. The fourth-order valence-corrected chi connectivity index (χ4v) is 2.48. The number of nitrogens with zero attached hydrogens (tertiary/aromatic N) is 2. The third kappa shape index (κ3) is 4.14. The van der Waals surface area contributed by atoms with E-state index in [1.165, 1.54) is 25.4 Å². The van der Waals surface area contributed by atoms with Crippen molar-refractivity contribution in [2.75, 3.05) is 12.3 Å². The van der Waals surface area contributed by atoms with Crippen molar-refractivity contribution in [2.45, 2.75) is 10.8 Å². The molecule has 0 aliphatic heterocycles. The number of ether oxygens (including phenoxy) is 1. The Bertz CT molecular complexity index is 973. The quantitative estimate of drug-likeness (QED) is 0.414. The zero-order valence-corrected chi connectivity index (χ0v) is 14.0. The molecule has 0 saturated carbocycles. The molecule has 0 fully saturated rings. The normalized spacial score (nSPS) is 10.8. The maximum atomic E-state index is 12.5. The van der Waals surface area contributed by atoms with Crippen LogP contribution in [0.3, 0.4) is 0 Å². The van der Waals surface area contributed by atoms with Gasteiger partial charge in [0.1, 0.15) is 16.4 Å². The number of aromatic nitrogens is 3. The van der Waals surface area contributed by atoms with E-state index in [4.69, 9.17) is 10.5 Å². The maximum Gasteiger partial charge on any atom is 0.341 e. The van der Waals surface area contributed by atoms with E-state index in [2.05, 4.69) is 4.98 Å². The van der Waals surface area contributed by atoms with Crippen molar-refractivity contribution in [3.63, 3.8) is 0 Å². The molecule has 9 nitrogen and oxygen atoms in total. The van der Waals surface area contributed by atoms with Crippen molar-refractivity contribution >= 4 is 29.3 Å². The Kier molecular flexibility index (Phi) is 5.87. The van der Waals surface area contributed by atoms with Gasteiger partial charge in [0.05, 0.1) is 5.56 Å². The molecule has 0 spiro atoms. The number of nitrogen functional groups attached to an aromatic ring is 1. The summed E-state index contributed by atoms with van der Waals surface area (Å²) in [7, 11) is 1.24. The van der Waals surface area contributed by atoms with Gasteiger partial charge in [-0.25, -0.2) is 14.6 Å². The summed E-state index contributed by atoms with van der Waals surface area (Å²) >= 11 is 0.0492. The van der Waals surface area contributed by atoms with Gasteiger partial charge in [-0.2, -0.15) is 8.78 Å². The van der Waals surface area contributed by atoms with Gasteiger partial charge in [0.25, 0.3) is 11.3 Å². The van der Waals surface area contributed by atoms with Gasteiger partial charge in [-0.05, 0) is 23.9 Å². The van der Waals surface area contributed by atoms with Gasteiger partial charge in [-0.15, -0.1) is 0 Å². The molecule has 26 heavy (non-hydrogen) atoms. The van der Waals surface area contributed by atoms with Gasteiger partial charge in [0.2, 0.25) is 5.78 Å². The standard InChI is InChI=1S/C14H12F2N4O5S/c1-20-9(17)8(10(22)19-14(20)24)7(21)5-25-12(23)6-3-2-4-18-11(6)26-13(15)16/h2-4,13H,5,17H2,1H3,(H,19,22,24). The number of H-pyrrole nitrogens is 1. The first-order chi connectivity index (χ1) is 12.2. The maximum absolute atomic E-state index is 12.5. The summed E-state index contributed by atoms with van der Waals surface area (Å²) in [6.07, 6.45) is 1.22. The van der Waals surface area contributed by atoms with Crippen LogP contribution >= 0.6 is 11.8 Å². The number of ketones is 1. The van der Waals surface area contributed by atoms with E-state index < -0.39 is 46.7 Å². The Labute approximate surface area is 148 Å². The average Bonchev–Trinajstić information content (AvgIpc) is 2.57. The number of alkyl halides is 2. The molecule has 138 valence electrons. The minimum Gasteiger partial charge on any atom is -0.454 e. The van der Waals surface area contributed by atoms with Gasteiger partial charge < -0.3 is 10.5 Å². The summed E-state index contributed by atoms with van der Waals surface area (Å²) in [5.41, 5.74) is 2.92. The first kappa shape index (κ1) is 19.3. The molecule has 2 heterocycles. The zero-order chi connectivity index (χ0) is 19.4. The molecular weight excluding hydrogens is 374 g/mol. The number of Topliss-reactive ketones (excluding diaryl/α,β-unsaturated/α-hetero) is 1. The van der Waals surface area contributed by atoms with Crippen LogP contribution < -0.4 is 17.0 Å². The molecule has 3 N–H and O–H groups in total. The van der Waals surface area contributed by atoms with Crippen LogP contribution in [0.1, 0.15) is 20.7 Å².